The second kappa shape index (κ2) is 3.97. The summed E-state index contributed by atoms with van der Waals surface area (Å²) in [5, 5.41) is 0. The molecule has 6 nitrogen and oxygen atoms in total. The lowest BCUT2D eigenvalue weighted by molar-refractivity contribution is -0.120. The molecule has 1 heterocycles. The van der Waals surface area contributed by atoms with Crippen molar-refractivity contribution >= 4 is 15.9 Å². The normalized spacial score (nSPS) is 27.9. The molecule has 3 N–H and O–H groups in total. The van der Waals surface area contributed by atoms with Crippen molar-refractivity contribution in [2.75, 3.05) is 12.4 Å². The molecule has 1 aliphatic heterocycles. The first kappa shape index (κ1) is 11.8. The van der Waals surface area contributed by atoms with Gasteiger partial charge in [0, 0.05) is 6.61 Å². The van der Waals surface area contributed by atoms with E-state index in [1.54, 1.807) is 0 Å². The highest BCUT2D eigenvalue weighted by atomic mass is 32.2. The average Bonchev–Trinajstić information content (AvgIpc) is 2.74. The maximum atomic E-state index is 11.7. The van der Waals surface area contributed by atoms with Gasteiger partial charge in [0.15, 0.2) is 0 Å². The van der Waals surface area contributed by atoms with Crippen LogP contribution in [-0.2, 0) is 19.6 Å². The van der Waals surface area contributed by atoms with Gasteiger partial charge in [-0.2, -0.15) is 4.72 Å². The first-order chi connectivity index (χ1) is 7.44. The zero-order valence-electron chi connectivity index (χ0n) is 8.94. The van der Waals surface area contributed by atoms with E-state index in [2.05, 4.69) is 4.72 Å². The molecule has 2 rings (SSSR count). The van der Waals surface area contributed by atoms with Crippen molar-refractivity contribution in [3.63, 3.8) is 0 Å². The van der Waals surface area contributed by atoms with Gasteiger partial charge >= 0.3 is 0 Å². The molecule has 0 aromatic carbocycles. The molecule has 1 saturated carbocycles. The fourth-order valence-corrected chi connectivity index (χ4v) is 3.62. The lowest BCUT2D eigenvalue weighted by Gasteiger charge is -2.16. The minimum atomic E-state index is -3.48. The number of carbonyl (C=O) groups is 1. The highest BCUT2D eigenvalue weighted by molar-refractivity contribution is 7.89. The third kappa shape index (κ3) is 2.53. The number of carbonyl (C=O) groups excluding carboxylic acids is 1. The number of primary amides is 1. The Labute approximate surface area is 94.6 Å². The van der Waals surface area contributed by atoms with E-state index in [1.165, 1.54) is 0 Å². The molecular weight excluding hydrogens is 232 g/mol. The summed E-state index contributed by atoms with van der Waals surface area (Å²) in [6.45, 7) is 0.612. The van der Waals surface area contributed by atoms with Crippen molar-refractivity contribution in [3.8, 4) is 0 Å². The number of hydrogen-bond donors (Lipinski definition) is 2. The predicted octanol–water partition coefficient (Wildman–Crippen LogP) is -0.897. The molecule has 92 valence electrons. The van der Waals surface area contributed by atoms with Crippen molar-refractivity contribution in [2.45, 2.75) is 37.3 Å². The van der Waals surface area contributed by atoms with Gasteiger partial charge in [-0.15, -0.1) is 0 Å². The molecule has 0 bridgehead atoms. The Balaban J connectivity index is 1.95. The summed E-state index contributed by atoms with van der Waals surface area (Å²) >= 11 is 0. The third-order valence-electron chi connectivity index (χ3n) is 3.00. The van der Waals surface area contributed by atoms with Crippen LogP contribution in [-0.4, -0.2) is 38.3 Å². The number of ether oxygens (including phenoxy) is 1. The van der Waals surface area contributed by atoms with Crippen molar-refractivity contribution in [2.24, 2.45) is 5.73 Å². The SMILES string of the molecule is NC(=O)C1(NS(=O)(=O)CC2CCCO2)CC1. The van der Waals surface area contributed by atoms with E-state index in [1.807, 2.05) is 0 Å². The highest BCUT2D eigenvalue weighted by Gasteiger charge is 2.51. The summed E-state index contributed by atoms with van der Waals surface area (Å²) in [5.74, 6) is -0.675. The Morgan fingerprint density at radius 3 is 2.62 bits per heavy atom. The van der Waals surface area contributed by atoms with Gasteiger partial charge in [0.2, 0.25) is 15.9 Å². The molecule has 2 aliphatic rings. The number of nitrogens with one attached hydrogen (secondary N) is 1. The van der Waals surface area contributed by atoms with Crippen LogP contribution < -0.4 is 10.5 Å². The summed E-state index contributed by atoms with van der Waals surface area (Å²) in [6.07, 6.45) is 2.38. The van der Waals surface area contributed by atoms with Crippen molar-refractivity contribution in [1.82, 2.24) is 4.72 Å². The largest absolute Gasteiger partial charge is 0.377 e. The summed E-state index contributed by atoms with van der Waals surface area (Å²) < 4.78 is 31.1. The monoisotopic (exact) mass is 248 g/mol. The Bertz CT molecular complexity index is 382. The van der Waals surface area contributed by atoms with E-state index < -0.39 is 21.5 Å². The minimum absolute atomic E-state index is 0.0813. The molecule has 0 aromatic heterocycles. The van der Waals surface area contributed by atoms with Gasteiger partial charge in [0.1, 0.15) is 5.54 Å². The van der Waals surface area contributed by atoms with Crippen LogP contribution in [0.25, 0.3) is 0 Å². The summed E-state index contributed by atoms with van der Waals surface area (Å²) in [5.41, 5.74) is 4.13. The van der Waals surface area contributed by atoms with Gasteiger partial charge in [-0.05, 0) is 25.7 Å². The van der Waals surface area contributed by atoms with Crippen LogP contribution in [0.3, 0.4) is 0 Å². The van der Waals surface area contributed by atoms with Crippen LogP contribution in [0.4, 0.5) is 0 Å². The number of hydrogen-bond acceptors (Lipinski definition) is 4. The van der Waals surface area contributed by atoms with Crippen LogP contribution in [0.15, 0.2) is 0 Å². The molecule has 16 heavy (non-hydrogen) atoms. The molecule has 1 unspecified atom stereocenters. The Hall–Kier alpha value is -0.660. The van der Waals surface area contributed by atoms with E-state index in [0.29, 0.717) is 19.4 Å². The topological polar surface area (TPSA) is 98.5 Å². The van der Waals surface area contributed by atoms with Crippen LogP contribution in [0.2, 0.25) is 0 Å². The zero-order chi connectivity index (χ0) is 11.8. The molecule has 0 aromatic rings. The van der Waals surface area contributed by atoms with E-state index in [4.69, 9.17) is 10.5 Å². The lowest BCUT2D eigenvalue weighted by Crippen LogP contribution is -2.48. The molecule has 2 fully saturated rings. The third-order valence-corrected chi connectivity index (χ3v) is 4.51. The molecular formula is C9H16N2O4S. The number of rotatable bonds is 5. The van der Waals surface area contributed by atoms with Gasteiger partial charge in [-0.1, -0.05) is 0 Å². The molecule has 1 amide bonds. The second-order valence-corrected chi connectivity index (χ2v) is 6.23. The summed E-state index contributed by atoms with van der Waals surface area (Å²) in [4.78, 5) is 11.1. The van der Waals surface area contributed by atoms with Crippen LogP contribution in [0.5, 0.6) is 0 Å². The highest BCUT2D eigenvalue weighted by Crippen LogP contribution is 2.35. The average molecular weight is 248 g/mol. The quantitative estimate of drug-likeness (QED) is 0.659. The first-order valence-electron chi connectivity index (χ1n) is 5.37. The van der Waals surface area contributed by atoms with Crippen LogP contribution in [0.1, 0.15) is 25.7 Å². The van der Waals surface area contributed by atoms with E-state index >= 15 is 0 Å². The maximum Gasteiger partial charge on any atom is 0.238 e. The van der Waals surface area contributed by atoms with Crippen molar-refractivity contribution < 1.29 is 17.9 Å². The fraction of sp³-hybridized carbons (Fsp3) is 0.889. The lowest BCUT2D eigenvalue weighted by atomic mass is 10.3. The number of nitrogens with two attached hydrogens (primary N) is 1. The maximum absolute atomic E-state index is 11.7. The number of sulfonamides is 1. The van der Waals surface area contributed by atoms with E-state index in [9.17, 15) is 13.2 Å². The Morgan fingerprint density at radius 2 is 2.19 bits per heavy atom. The van der Waals surface area contributed by atoms with Gasteiger partial charge < -0.3 is 10.5 Å². The van der Waals surface area contributed by atoms with Gasteiger partial charge in [0.25, 0.3) is 0 Å². The van der Waals surface area contributed by atoms with Gasteiger partial charge in [-0.3, -0.25) is 4.79 Å². The molecule has 0 radical (unpaired) electrons. The minimum Gasteiger partial charge on any atom is -0.377 e. The summed E-state index contributed by atoms with van der Waals surface area (Å²) in [6, 6.07) is 0. The molecule has 7 heteroatoms. The molecule has 0 spiro atoms. The predicted molar refractivity (Wildman–Crippen MR) is 57.1 cm³/mol. The van der Waals surface area contributed by atoms with Crippen LogP contribution >= 0.6 is 0 Å². The smallest absolute Gasteiger partial charge is 0.238 e. The van der Waals surface area contributed by atoms with E-state index in [-0.39, 0.29) is 11.9 Å². The fourth-order valence-electron chi connectivity index (χ4n) is 1.88. The van der Waals surface area contributed by atoms with Gasteiger partial charge in [-0.25, -0.2) is 8.42 Å². The van der Waals surface area contributed by atoms with Crippen LogP contribution in [0, 0.1) is 0 Å². The van der Waals surface area contributed by atoms with Gasteiger partial charge in [0.05, 0.1) is 11.9 Å². The standard InChI is InChI=1S/C9H16N2O4S/c10-8(12)9(3-4-9)11-16(13,14)6-7-2-1-5-15-7/h7,11H,1-6H2,(H2,10,12). The van der Waals surface area contributed by atoms with Crippen molar-refractivity contribution in [1.29, 1.82) is 0 Å². The molecule has 1 saturated heterocycles. The van der Waals surface area contributed by atoms with Crippen molar-refractivity contribution in [3.05, 3.63) is 0 Å². The zero-order valence-corrected chi connectivity index (χ0v) is 9.76. The number of amides is 1. The Kier molecular flexibility index (Phi) is 2.93. The molecule has 1 atom stereocenters. The Morgan fingerprint density at radius 1 is 1.50 bits per heavy atom. The van der Waals surface area contributed by atoms with E-state index in [0.717, 1.165) is 12.8 Å². The molecule has 1 aliphatic carbocycles. The summed E-state index contributed by atoms with van der Waals surface area (Å²) in [7, 11) is -3.48. The second-order valence-electron chi connectivity index (χ2n) is 4.46. The first-order valence-corrected chi connectivity index (χ1v) is 7.02.